The largest absolute Gasteiger partial charge is 0.399 e. The van der Waals surface area contributed by atoms with Crippen molar-refractivity contribution in [2.75, 3.05) is 20.1 Å². The standard InChI is InChI=1S/C14H22N2/c1-4-14(15)13-6-5-10-16(3)11-9-12(2)7-8-13/h4-8H,9-11,15H2,1-3H3/b6-5+,12-7+,13-8+,14-4-. The maximum absolute atomic E-state index is 5.94. The van der Waals surface area contributed by atoms with Crippen LogP contribution in [0.15, 0.2) is 47.2 Å². The predicted molar refractivity (Wildman–Crippen MR) is 71.0 cm³/mol. The Balaban J connectivity index is 2.95. The number of nitrogens with two attached hydrogens (primary N) is 1. The van der Waals surface area contributed by atoms with Gasteiger partial charge in [-0.25, -0.2) is 0 Å². The Bertz CT molecular complexity index is 346. The van der Waals surface area contributed by atoms with Crippen LogP contribution in [0.5, 0.6) is 0 Å². The summed E-state index contributed by atoms with van der Waals surface area (Å²) in [6.07, 6.45) is 11.6. The average Bonchev–Trinajstić information content (AvgIpc) is 2.29. The summed E-state index contributed by atoms with van der Waals surface area (Å²) in [6.45, 7) is 6.21. The van der Waals surface area contributed by atoms with E-state index in [9.17, 15) is 0 Å². The fourth-order valence-electron chi connectivity index (χ4n) is 1.55. The topological polar surface area (TPSA) is 29.3 Å². The van der Waals surface area contributed by atoms with Gasteiger partial charge in [0.1, 0.15) is 0 Å². The van der Waals surface area contributed by atoms with Crippen molar-refractivity contribution in [3.8, 4) is 0 Å². The molecule has 0 atom stereocenters. The van der Waals surface area contributed by atoms with Crippen molar-refractivity contribution in [3.05, 3.63) is 47.2 Å². The molecule has 0 amide bonds. The van der Waals surface area contributed by atoms with Gasteiger partial charge >= 0.3 is 0 Å². The molecule has 0 fully saturated rings. The summed E-state index contributed by atoms with van der Waals surface area (Å²) < 4.78 is 0. The van der Waals surface area contributed by atoms with Gasteiger partial charge in [0, 0.05) is 18.8 Å². The second-order valence-corrected chi connectivity index (χ2v) is 4.29. The minimum atomic E-state index is 0.837. The van der Waals surface area contributed by atoms with Crippen LogP contribution in [-0.4, -0.2) is 25.0 Å². The van der Waals surface area contributed by atoms with Gasteiger partial charge in [0.05, 0.1) is 0 Å². The van der Waals surface area contributed by atoms with Gasteiger partial charge in [0.25, 0.3) is 0 Å². The zero-order valence-electron chi connectivity index (χ0n) is 10.5. The van der Waals surface area contributed by atoms with E-state index in [1.165, 1.54) is 5.57 Å². The van der Waals surface area contributed by atoms with Gasteiger partial charge in [-0.2, -0.15) is 0 Å². The molecule has 0 aromatic rings. The van der Waals surface area contributed by atoms with E-state index in [-0.39, 0.29) is 0 Å². The van der Waals surface area contributed by atoms with Crippen LogP contribution in [0, 0.1) is 0 Å². The molecular weight excluding hydrogens is 196 g/mol. The summed E-state index contributed by atoms with van der Waals surface area (Å²) in [7, 11) is 2.14. The lowest BCUT2D eigenvalue weighted by Crippen LogP contribution is -2.20. The summed E-state index contributed by atoms with van der Waals surface area (Å²) in [5.74, 6) is 0. The fourth-order valence-corrected chi connectivity index (χ4v) is 1.55. The number of likely N-dealkylation sites (N-methyl/N-ethyl adjacent to an activating group) is 1. The van der Waals surface area contributed by atoms with Crippen molar-refractivity contribution >= 4 is 0 Å². The third-order valence-corrected chi connectivity index (χ3v) is 2.79. The third kappa shape index (κ3) is 4.07. The predicted octanol–water partition coefficient (Wildman–Crippen LogP) is 2.61. The average molecular weight is 218 g/mol. The van der Waals surface area contributed by atoms with Gasteiger partial charge in [-0.1, -0.05) is 36.0 Å². The smallest absolute Gasteiger partial charge is 0.0344 e. The summed E-state index contributed by atoms with van der Waals surface area (Å²) in [6, 6.07) is 0. The van der Waals surface area contributed by atoms with Crippen molar-refractivity contribution in [2.24, 2.45) is 5.73 Å². The molecule has 0 radical (unpaired) electrons. The van der Waals surface area contributed by atoms with Crippen molar-refractivity contribution in [3.63, 3.8) is 0 Å². The van der Waals surface area contributed by atoms with Crippen molar-refractivity contribution in [1.82, 2.24) is 4.90 Å². The quantitative estimate of drug-likeness (QED) is 0.733. The van der Waals surface area contributed by atoms with E-state index < -0.39 is 0 Å². The Labute approximate surface area is 98.8 Å². The third-order valence-electron chi connectivity index (χ3n) is 2.79. The lowest BCUT2D eigenvalue weighted by atomic mass is 10.1. The maximum atomic E-state index is 5.94. The highest BCUT2D eigenvalue weighted by Crippen LogP contribution is 2.11. The van der Waals surface area contributed by atoms with Gasteiger partial charge in [-0.3, -0.25) is 0 Å². The van der Waals surface area contributed by atoms with E-state index in [2.05, 4.69) is 43.2 Å². The first-order valence-electron chi connectivity index (χ1n) is 5.78. The van der Waals surface area contributed by atoms with Crippen molar-refractivity contribution in [2.45, 2.75) is 20.3 Å². The van der Waals surface area contributed by atoms with Gasteiger partial charge in [0.15, 0.2) is 0 Å². The van der Waals surface area contributed by atoms with Crippen LogP contribution in [0.2, 0.25) is 0 Å². The van der Waals surface area contributed by atoms with Crippen LogP contribution in [0.3, 0.4) is 0 Å². The molecule has 2 heteroatoms. The highest BCUT2D eigenvalue weighted by Gasteiger charge is 2.00. The van der Waals surface area contributed by atoms with E-state index >= 15 is 0 Å². The Hall–Kier alpha value is -1.28. The number of hydrogen-bond acceptors (Lipinski definition) is 2. The molecule has 0 saturated carbocycles. The van der Waals surface area contributed by atoms with Crippen molar-refractivity contribution < 1.29 is 0 Å². The highest BCUT2D eigenvalue weighted by molar-refractivity contribution is 5.40. The summed E-state index contributed by atoms with van der Waals surface area (Å²) >= 11 is 0. The van der Waals surface area contributed by atoms with Crippen LogP contribution < -0.4 is 5.73 Å². The number of rotatable bonds is 1. The molecule has 88 valence electrons. The number of hydrogen-bond donors (Lipinski definition) is 1. The van der Waals surface area contributed by atoms with E-state index in [4.69, 9.17) is 5.73 Å². The molecule has 0 bridgehead atoms. The van der Waals surface area contributed by atoms with E-state index in [1.54, 1.807) is 0 Å². The molecule has 0 spiro atoms. The molecule has 2 N–H and O–H groups in total. The second kappa shape index (κ2) is 6.33. The van der Waals surface area contributed by atoms with Crippen LogP contribution in [0.25, 0.3) is 0 Å². The molecular formula is C14H22N2. The summed E-state index contributed by atoms with van der Waals surface area (Å²) in [4.78, 5) is 2.31. The van der Waals surface area contributed by atoms with Gasteiger partial charge < -0.3 is 10.6 Å². The Morgan fingerprint density at radius 1 is 1.44 bits per heavy atom. The van der Waals surface area contributed by atoms with Gasteiger partial charge in [-0.15, -0.1) is 0 Å². The molecule has 0 unspecified atom stereocenters. The Morgan fingerprint density at radius 3 is 2.88 bits per heavy atom. The maximum Gasteiger partial charge on any atom is 0.0344 e. The first-order valence-corrected chi connectivity index (χ1v) is 5.78. The zero-order valence-corrected chi connectivity index (χ0v) is 10.5. The summed E-state index contributed by atoms with van der Waals surface area (Å²) in [5, 5.41) is 0. The molecule has 0 aliphatic carbocycles. The molecule has 0 aromatic carbocycles. The molecule has 1 aliphatic heterocycles. The summed E-state index contributed by atoms with van der Waals surface area (Å²) in [5.41, 5.74) is 9.26. The number of nitrogens with zero attached hydrogens (tertiary/aromatic N) is 1. The minimum Gasteiger partial charge on any atom is -0.399 e. The molecule has 1 heterocycles. The molecule has 1 rings (SSSR count). The molecule has 16 heavy (non-hydrogen) atoms. The van der Waals surface area contributed by atoms with Crippen LogP contribution >= 0.6 is 0 Å². The Kier molecular flexibility index (Phi) is 5.06. The lowest BCUT2D eigenvalue weighted by molar-refractivity contribution is 0.374. The highest BCUT2D eigenvalue weighted by atomic mass is 15.1. The molecule has 0 aromatic heterocycles. The van der Waals surface area contributed by atoms with Crippen molar-refractivity contribution in [1.29, 1.82) is 0 Å². The second-order valence-electron chi connectivity index (χ2n) is 4.29. The van der Waals surface area contributed by atoms with E-state index in [0.29, 0.717) is 0 Å². The Morgan fingerprint density at radius 2 is 2.19 bits per heavy atom. The SMILES string of the molecule is C/C=C(N)/C1=C/C=C(\C)CCN(C)C\C=C\1. The van der Waals surface area contributed by atoms with Gasteiger partial charge in [0.2, 0.25) is 0 Å². The van der Waals surface area contributed by atoms with Crippen LogP contribution in [0.1, 0.15) is 20.3 Å². The fraction of sp³-hybridized carbons (Fsp3) is 0.429. The van der Waals surface area contributed by atoms with Crippen LogP contribution in [-0.2, 0) is 0 Å². The zero-order chi connectivity index (χ0) is 12.0. The number of allylic oxidation sites excluding steroid dienone is 4. The lowest BCUT2D eigenvalue weighted by Gasteiger charge is -2.15. The van der Waals surface area contributed by atoms with Gasteiger partial charge in [-0.05, 0) is 32.9 Å². The molecule has 2 nitrogen and oxygen atoms in total. The monoisotopic (exact) mass is 218 g/mol. The first-order chi connectivity index (χ1) is 7.63. The molecule has 0 saturated heterocycles. The minimum absolute atomic E-state index is 0.837. The van der Waals surface area contributed by atoms with E-state index in [1.807, 2.05) is 13.0 Å². The first kappa shape index (κ1) is 12.8. The van der Waals surface area contributed by atoms with E-state index in [0.717, 1.165) is 30.8 Å². The van der Waals surface area contributed by atoms with Crippen LogP contribution in [0.4, 0.5) is 0 Å². The molecule has 1 aliphatic rings. The normalized spacial score (nSPS) is 28.8.